The van der Waals surface area contributed by atoms with Crippen LogP contribution in [0.1, 0.15) is 23.6 Å². The number of aryl methyl sites for hydroxylation is 1. The molecule has 0 fully saturated rings. The monoisotopic (exact) mass is 621 g/mol. The molecule has 0 spiro atoms. The van der Waals surface area contributed by atoms with E-state index in [2.05, 4.69) is 5.32 Å². The average molecular weight is 622 g/mol. The minimum Gasteiger partial charge on any atom is -0.355 e. The minimum atomic E-state index is -4.23. The van der Waals surface area contributed by atoms with Crippen molar-refractivity contribution in [2.45, 2.75) is 37.8 Å². The Labute approximate surface area is 257 Å². The lowest BCUT2D eigenvalue weighted by Crippen LogP contribution is -2.53. The summed E-state index contributed by atoms with van der Waals surface area (Å²) in [6, 6.07) is 26.4. The molecule has 7 nitrogen and oxygen atoms in total. The lowest BCUT2D eigenvalue weighted by atomic mass is 10.0. The number of nitrogens with zero attached hydrogens (tertiary/aromatic N) is 2. The van der Waals surface area contributed by atoms with E-state index in [4.69, 9.17) is 11.6 Å². The maximum absolute atomic E-state index is 14.3. The summed E-state index contributed by atoms with van der Waals surface area (Å²) < 4.78 is 42.8. The number of sulfonamides is 1. The van der Waals surface area contributed by atoms with Crippen molar-refractivity contribution in [1.29, 1.82) is 0 Å². The molecule has 4 rings (SSSR count). The third-order valence-corrected chi connectivity index (χ3v) is 8.90. The Morgan fingerprint density at radius 1 is 0.884 bits per heavy atom. The highest BCUT2D eigenvalue weighted by Crippen LogP contribution is 2.26. The van der Waals surface area contributed by atoms with Crippen LogP contribution < -0.4 is 9.62 Å². The highest BCUT2D eigenvalue weighted by atomic mass is 35.5. The summed E-state index contributed by atoms with van der Waals surface area (Å²) in [7, 11) is -4.23. The first kappa shape index (κ1) is 31.7. The molecule has 1 unspecified atom stereocenters. The molecule has 4 aromatic rings. The van der Waals surface area contributed by atoms with E-state index >= 15 is 0 Å². The van der Waals surface area contributed by atoms with Crippen LogP contribution in [-0.4, -0.2) is 44.3 Å². The van der Waals surface area contributed by atoms with Crippen LogP contribution in [0.5, 0.6) is 0 Å². The van der Waals surface area contributed by atoms with Crippen molar-refractivity contribution in [3.8, 4) is 0 Å². The Balaban J connectivity index is 1.79. The van der Waals surface area contributed by atoms with Gasteiger partial charge in [0, 0.05) is 24.5 Å². The van der Waals surface area contributed by atoms with Gasteiger partial charge in [-0.2, -0.15) is 0 Å². The van der Waals surface area contributed by atoms with Gasteiger partial charge in [0.25, 0.3) is 10.0 Å². The number of carbonyl (C=O) groups is 2. The SMILES string of the molecule is CCNC(=O)C(Cc1ccccc1)N(Cc1ccc(F)cc1)C(=O)CN(c1cccc(C)c1)S(=O)(=O)c1ccc(Cl)cc1. The van der Waals surface area contributed by atoms with E-state index in [9.17, 15) is 22.4 Å². The zero-order valence-corrected chi connectivity index (χ0v) is 25.5. The van der Waals surface area contributed by atoms with Crippen LogP contribution in [0.2, 0.25) is 5.02 Å². The lowest BCUT2D eigenvalue weighted by molar-refractivity contribution is -0.140. The first-order valence-corrected chi connectivity index (χ1v) is 15.6. The summed E-state index contributed by atoms with van der Waals surface area (Å²) in [6.45, 7) is 3.31. The molecular weight excluding hydrogens is 589 g/mol. The quantitative estimate of drug-likeness (QED) is 0.218. The number of benzene rings is 4. The number of rotatable bonds is 12. The fourth-order valence-electron chi connectivity index (χ4n) is 4.68. The summed E-state index contributed by atoms with van der Waals surface area (Å²) in [5.41, 5.74) is 2.50. The van der Waals surface area contributed by atoms with E-state index in [1.165, 1.54) is 53.4 Å². The van der Waals surface area contributed by atoms with E-state index in [1.54, 1.807) is 25.1 Å². The molecule has 0 bridgehead atoms. The Kier molecular flexibility index (Phi) is 10.6. The lowest BCUT2D eigenvalue weighted by Gasteiger charge is -2.34. The summed E-state index contributed by atoms with van der Waals surface area (Å²) >= 11 is 6.02. The smallest absolute Gasteiger partial charge is 0.264 e. The van der Waals surface area contributed by atoms with Crippen LogP contribution in [0, 0.1) is 12.7 Å². The zero-order valence-electron chi connectivity index (χ0n) is 23.9. The van der Waals surface area contributed by atoms with Gasteiger partial charge >= 0.3 is 0 Å². The number of hydrogen-bond donors (Lipinski definition) is 1. The molecule has 1 N–H and O–H groups in total. The summed E-state index contributed by atoms with van der Waals surface area (Å²) in [4.78, 5) is 29.1. The highest BCUT2D eigenvalue weighted by molar-refractivity contribution is 7.92. The number of nitrogens with one attached hydrogen (secondary N) is 1. The van der Waals surface area contributed by atoms with Gasteiger partial charge in [0.05, 0.1) is 10.6 Å². The molecule has 0 aliphatic carbocycles. The third-order valence-electron chi connectivity index (χ3n) is 6.86. The van der Waals surface area contributed by atoms with Gasteiger partial charge in [-0.3, -0.25) is 13.9 Å². The van der Waals surface area contributed by atoms with Crippen LogP contribution in [-0.2, 0) is 32.6 Å². The van der Waals surface area contributed by atoms with Crippen molar-refractivity contribution in [2.24, 2.45) is 0 Å². The van der Waals surface area contributed by atoms with Gasteiger partial charge in [-0.1, -0.05) is 66.2 Å². The van der Waals surface area contributed by atoms with Gasteiger partial charge in [0.2, 0.25) is 11.8 Å². The molecule has 1 atom stereocenters. The molecule has 0 heterocycles. The summed E-state index contributed by atoms with van der Waals surface area (Å²) in [5.74, 6) is -1.43. The fourth-order valence-corrected chi connectivity index (χ4v) is 6.21. The predicted molar refractivity (Wildman–Crippen MR) is 167 cm³/mol. The second-order valence-electron chi connectivity index (χ2n) is 10.1. The average Bonchev–Trinajstić information content (AvgIpc) is 2.99. The van der Waals surface area contributed by atoms with Crippen molar-refractivity contribution in [3.63, 3.8) is 0 Å². The minimum absolute atomic E-state index is 0.0409. The molecule has 4 aromatic carbocycles. The van der Waals surface area contributed by atoms with E-state index in [0.29, 0.717) is 22.8 Å². The Morgan fingerprint density at radius 3 is 2.19 bits per heavy atom. The van der Waals surface area contributed by atoms with E-state index in [1.807, 2.05) is 43.3 Å². The molecular formula is C33H33ClFN3O4S. The summed E-state index contributed by atoms with van der Waals surface area (Å²) in [5, 5.41) is 3.18. The Hall–Kier alpha value is -4.21. The molecule has 0 aromatic heterocycles. The molecule has 0 saturated heterocycles. The van der Waals surface area contributed by atoms with Crippen molar-refractivity contribution in [2.75, 3.05) is 17.4 Å². The molecule has 0 saturated carbocycles. The molecule has 43 heavy (non-hydrogen) atoms. The second-order valence-corrected chi connectivity index (χ2v) is 12.4. The molecule has 10 heteroatoms. The first-order chi connectivity index (χ1) is 20.6. The number of likely N-dealkylation sites (N-methyl/N-ethyl adjacent to an activating group) is 1. The first-order valence-electron chi connectivity index (χ1n) is 13.8. The number of hydrogen-bond acceptors (Lipinski definition) is 4. The van der Waals surface area contributed by atoms with Crippen LogP contribution in [0.3, 0.4) is 0 Å². The molecule has 2 amide bonds. The molecule has 0 radical (unpaired) electrons. The fraction of sp³-hybridized carbons (Fsp3) is 0.212. The van der Waals surface area contributed by atoms with Gasteiger partial charge in [-0.05, 0) is 79.1 Å². The van der Waals surface area contributed by atoms with Gasteiger partial charge < -0.3 is 10.2 Å². The van der Waals surface area contributed by atoms with Crippen LogP contribution in [0.25, 0.3) is 0 Å². The van der Waals surface area contributed by atoms with Crippen molar-refractivity contribution in [1.82, 2.24) is 10.2 Å². The Bertz CT molecular complexity index is 1650. The second kappa shape index (κ2) is 14.3. The number of carbonyl (C=O) groups excluding carboxylic acids is 2. The van der Waals surface area contributed by atoms with E-state index in [-0.39, 0.29) is 23.8 Å². The molecule has 0 aliphatic rings. The van der Waals surface area contributed by atoms with Crippen LogP contribution >= 0.6 is 11.6 Å². The summed E-state index contributed by atoms with van der Waals surface area (Å²) in [6.07, 6.45) is 0.188. The third kappa shape index (κ3) is 8.21. The van der Waals surface area contributed by atoms with Crippen molar-refractivity contribution >= 4 is 39.1 Å². The maximum atomic E-state index is 14.3. The number of anilines is 1. The highest BCUT2D eigenvalue weighted by Gasteiger charge is 2.34. The van der Waals surface area contributed by atoms with Gasteiger partial charge in [-0.25, -0.2) is 12.8 Å². The van der Waals surface area contributed by atoms with Crippen LogP contribution in [0.4, 0.5) is 10.1 Å². The van der Waals surface area contributed by atoms with Crippen molar-refractivity contribution < 1.29 is 22.4 Å². The van der Waals surface area contributed by atoms with Crippen LogP contribution in [0.15, 0.2) is 108 Å². The van der Waals surface area contributed by atoms with Gasteiger partial charge in [0.1, 0.15) is 18.4 Å². The molecule has 224 valence electrons. The Morgan fingerprint density at radius 2 is 1.56 bits per heavy atom. The van der Waals surface area contributed by atoms with Gasteiger partial charge in [0.15, 0.2) is 0 Å². The topological polar surface area (TPSA) is 86.8 Å². The standard InChI is InChI=1S/C33H33ClFN3O4S/c1-3-36-33(40)31(21-25-9-5-4-6-10-25)37(22-26-12-16-28(35)17-13-26)32(39)23-38(29-11-7-8-24(2)20-29)43(41,42)30-18-14-27(34)15-19-30/h4-20,31H,3,21-23H2,1-2H3,(H,36,40). The van der Waals surface area contributed by atoms with Gasteiger partial charge in [-0.15, -0.1) is 0 Å². The van der Waals surface area contributed by atoms with E-state index in [0.717, 1.165) is 15.4 Å². The largest absolute Gasteiger partial charge is 0.355 e. The maximum Gasteiger partial charge on any atom is 0.264 e. The van der Waals surface area contributed by atoms with Crippen molar-refractivity contribution in [3.05, 3.63) is 131 Å². The zero-order chi connectivity index (χ0) is 31.0. The number of amides is 2. The molecule has 0 aliphatic heterocycles. The van der Waals surface area contributed by atoms with E-state index < -0.39 is 34.3 Å². The normalized spacial score (nSPS) is 11.9. The predicted octanol–water partition coefficient (Wildman–Crippen LogP) is 5.76. The number of halogens is 2.